The van der Waals surface area contributed by atoms with E-state index in [1.807, 2.05) is 73.6 Å². The van der Waals surface area contributed by atoms with Crippen LogP contribution in [0.5, 0.6) is 17.4 Å². The standard InChI is InChI=1S/C33H33N3O5/c1-36(2)15-13-33(37,27-8-6-7-22-12-16-41-30(22)27)29(25-11-14-35-32(40-5)31(25)39-4)26-18-24-17-21(20-34)9-10-23(24)19-28(26)38-3/h6-12,14,16-19,29,37H,13,15H2,1-5H3/t29-,33-/m1/s1. The minimum Gasteiger partial charge on any atom is -0.496 e. The molecule has 0 aliphatic carbocycles. The number of rotatable bonds is 10. The largest absolute Gasteiger partial charge is 0.496 e. The summed E-state index contributed by atoms with van der Waals surface area (Å²) in [4.78, 5) is 6.40. The van der Waals surface area contributed by atoms with E-state index in [0.29, 0.717) is 58.2 Å². The van der Waals surface area contributed by atoms with Gasteiger partial charge in [-0.25, -0.2) is 4.98 Å². The van der Waals surface area contributed by atoms with Crippen LogP contribution in [0.15, 0.2) is 77.5 Å². The average Bonchev–Trinajstić information content (AvgIpc) is 3.48. The Balaban J connectivity index is 1.91. The number of aromatic nitrogens is 1. The van der Waals surface area contributed by atoms with E-state index in [2.05, 4.69) is 11.1 Å². The Hall–Kier alpha value is -4.58. The third-order valence-corrected chi connectivity index (χ3v) is 7.60. The smallest absolute Gasteiger partial charge is 0.257 e. The van der Waals surface area contributed by atoms with Gasteiger partial charge in [0.25, 0.3) is 5.88 Å². The highest BCUT2D eigenvalue weighted by Crippen LogP contribution is 2.52. The highest BCUT2D eigenvalue weighted by molar-refractivity contribution is 5.87. The lowest BCUT2D eigenvalue weighted by Gasteiger charge is -2.39. The van der Waals surface area contributed by atoms with Gasteiger partial charge in [-0.15, -0.1) is 0 Å². The van der Waals surface area contributed by atoms with Crippen molar-refractivity contribution in [1.29, 1.82) is 5.26 Å². The summed E-state index contributed by atoms with van der Waals surface area (Å²) in [5, 5.41) is 25.4. The van der Waals surface area contributed by atoms with Crippen molar-refractivity contribution < 1.29 is 23.7 Å². The van der Waals surface area contributed by atoms with Gasteiger partial charge in [-0.2, -0.15) is 5.26 Å². The molecule has 0 saturated heterocycles. The molecule has 0 saturated carbocycles. The van der Waals surface area contributed by atoms with E-state index in [9.17, 15) is 10.4 Å². The van der Waals surface area contributed by atoms with E-state index < -0.39 is 11.5 Å². The molecule has 3 aromatic carbocycles. The zero-order valence-electron chi connectivity index (χ0n) is 23.8. The van der Waals surface area contributed by atoms with Crippen molar-refractivity contribution >= 4 is 21.7 Å². The molecule has 0 bridgehead atoms. The minimum atomic E-state index is -1.52. The van der Waals surface area contributed by atoms with Crippen LogP contribution in [0.3, 0.4) is 0 Å². The second-order valence-electron chi connectivity index (χ2n) is 10.3. The molecular weight excluding hydrogens is 518 g/mol. The first kappa shape index (κ1) is 28.0. The van der Waals surface area contributed by atoms with Crippen LogP contribution in [0.2, 0.25) is 0 Å². The molecule has 8 heteroatoms. The number of para-hydroxylation sites is 1. The molecule has 5 aromatic rings. The fraction of sp³-hybridized carbons (Fsp3) is 0.273. The lowest BCUT2D eigenvalue weighted by Crippen LogP contribution is -2.38. The maximum atomic E-state index is 13.2. The molecule has 1 N–H and O–H groups in total. The second-order valence-corrected chi connectivity index (χ2v) is 10.3. The van der Waals surface area contributed by atoms with Gasteiger partial charge in [-0.05, 0) is 67.7 Å². The van der Waals surface area contributed by atoms with Crippen LogP contribution >= 0.6 is 0 Å². The summed E-state index contributed by atoms with van der Waals surface area (Å²) in [6, 6.07) is 21.2. The predicted molar refractivity (Wildman–Crippen MR) is 158 cm³/mol. The van der Waals surface area contributed by atoms with Crippen LogP contribution in [0.25, 0.3) is 21.7 Å². The Morgan fingerprint density at radius 3 is 2.49 bits per heavy atom. The van der Waals surface area contributed by atoms with Crippen molar-refractivity contribution in [2.24, 2.45) is 0 Å². The Kier molecular flexibility index (Phi) is 7.84. The van der Waals surface area contributed by atoms with Gasteiger partial charge in [-0.3, -0.25) is 0 Å². The van der Waals surface area contributed by atoms with E-state index in [1.54, 1.807) is 32.7 Å². The molecule has 0 unspecified atom stereocenters. The zero-order chi connectivity index (χ0) is 29.1. The van der Waals surface area contributed by atoms with Crippen LogP contribution in [-0.2, 0) is 5.60 Å². The van der Waals surface area contributed by atoms with Crippen molar-refractivity contribution in [2.45, 2.75) is 17.9 Å². The number of benzene rings is 3. The fourth-order valence-corrected chi connectivity index (χ4v) is 5.63. The van der Waals surface area contributed by atoms with E-state index in [-0.39, 0.29) is 0 Å². The highest BCUT2D eigenvalue weighted by atomic mass is 16.5. The van der Waals surface area contributed by atoms with E-state index >= 15 is 0 Å². The maximum Gasteiger partial charge on any atom is 0.257 e. The summed E-state index contributed by atoms with van der Waals surface area (Å²) in [5.74, 6) is 0.561. The summed E-state index contributed by atoms with van der Waals surface area (Å²) in [5.41, 5.74) is 1.64. The molecule has 0 amide bonds. The first-order valence-corrected chi connectivity index (χ1v) is 13.3. The summed E-state index contributed by atoms with van der Waals surface area (Å²) >= 11 is 0. The number of methoxy groups -OCH3 is 3. The maximum absolute atomic E-state index is 13.2. The van der Waals surface area contributed by atoms with Gasteiger partial charge in [0.05, 0.1) is 39.2 Å². The number of hydrogen-bond acceptors (Lipinski definition) is 8. The summed E-state index contributed by atoms with van der Waals surface area (Å²) in [6.07, 6.45) is 3.62. The van der Waals surface area contributed by atoms with Gasteiger partial charge in [0.2, 0.25) is 0 Å². The molecule has 210 valence electrons. The third-order valence-electron chi connectivity index (χ3n) is 7.60. The van der Waals surface area contributed by atoms with Crippen molar-refractivity contribution in [1.82, 2.24) is 9.88 Å². The monoisotopic (exact) mass is 551 g/mol. The molecule has 0 spiro atoms. The molecule has 2 heterocycles. The number of fused-ring (bicyclic) bond motifs is 2. The number of nitriles is 1. The lowest BCUT2D eigenvalue weighted by atomic mass is 9.70. The number of nitrogens with zero attached hydrogens (tertiary/aromatic N) is 3. The van der Waals surface area contributed by atoms with Crippen molar-refractivity contribution in [3.05, 3.63) is 95.4 Å². The molecule has 0 aliphatic heterocycles. The Labute approximate surface area is 239 Å². The number of aliphatic hydroxyl groups is 1. The van der Waals surface area contributed by atoms with E-state index in [0.717, 1.165) is 16.2 Å². The van der Waals surface area contributed by atoms with Gasteiger partial charge in [0, 0.05) is 40.7 Å². The summed E-state index contributed by atoms with van der Waals surface area (Å²) in [7, 11) is 8.65. The number of furan rings is 1. The first-order chi connectivity index (χ1) is 19.8. The first-order valence-electron chi connectivity index (χ1n) is 13.3. The van der Waals surface area contributed by atoms with Gasteiger partial charge in [-0.1, -0.05) is 24.3 Å². The third kappa shape index (κ3) is 5.06. The zero-order valence-corrected chi connectivity index (χ0v) is 23.8. The lowest BCUT2D eigenvalue weighted by molar-refractivity contribution is 0.00387. The molecular formula is C33H33N3O5. The molecule has 2 atom stereocenters. The Bertz CT molecular complexity index is 1740. The Morgan fingerprint density at radius 1 is 0.951 bits per heavy atom. The van der Waals surface area contributed by atoms with E-state index in [1.165, 1.54) is 7.11 Å². The van der Waals surface area contributed by atoms with Crippen LogP contribution in [0, 0.1) is 11.3 Å². The van der Waals surface area contributed by atoms with Crippen LogP contribution in [-0.4, -0.2) is 57.0 Å². The van der Waals surface area contributed by atoms with Gasteiger partial charge in [0.1, 0.15) is 16.9 Å². The molecule has 0 radical (unpaired) electrons. The summed E-state index contributed by atoms with van der Waals surface area (Å²) < 4.78 is 23.4. The van der Waals surface area contributed by atoms with Crippen LogP contribution < -0.4 is 14.2 Å². The topological polar surface area (TPSA) is 101 Å². The molecule has 0 fully saturated rings. The van der Waals surface area contributed by atoms with Crippen molar-refractivity contribution in [3.8, 4) is 23.4 Å². The molecule has 2 aromatic heterocycles. The van der Waals surface area contributed by atoms with Gasteiger partial charge < -0.3 is 28.6 Å². The quantitative estimate of drug-likeness (QED) is 0.231. The van der Waals surface area contributed by atoms with E-state index in [4.69, 9.17) is 18.6 Å². The second kappa shape index (κ2) is 11.5. The normalized spacial score (nSPS) is 13.6. The van der Waals surface area contributed by atoms with Crippen molar-refractivity contribution in [2.75, 3.05) is 42.0 Å². The molecule has 41 heavy (non-hydrogen) atoms. The van der Waals surface area contributed by atoms with Gasteiger partial charge >= 0.3 is 0 Å². The van der Waals surface area contributed by atoms with Crippen LogP contribution in [0.1, 0.15) is 34.6 Å². The highest BCUT2D eigenvalue weighted by Gasteiger charge is 2.45. The average molecular weight is 552 g/mol. The molecule has 5 rings (SSSR count). The fourth-order valence-electron chi connectivity index (χ4n) is 5.63. The number of ether oxygens (including phenoxy) is 3. The molecule has 8 nitrogen and oxygen atoms in total. The van der Waals surface area contributed by atoms with Gasteiger partial charge in [0.15, 0.2) is 5.75 Å². The SMILES string of the molecule is COc1cc2ccc(C#N)cc2cc1[C@@H](c1ccnc(OC)c1OC)[C@@](O)(CCN(C)C)c1cccc2ccoc12. The predicted octanol–water partition coefficient (Wildman–Crippen LogP) is 5.85. The van der Waals surface area contributed by atoms with Crippen molar-refractivity contribution in [3.63, 3.8) is 0 Å². The number of hydrogen-bond donors (Lipinski definition) is 1. The van der Waals surface area contributed by atoms with Crippen LogP contribution in [0.4, 0.5) is 0 Å². The molecule has 0 aliphatic rings. The minimum absolute atomic E-state index is 0.299. The number of pyridine rings is 1. The Morgan fingerprint density at radius 2 is 1.78 bits per heavy atom. The summed E-state index contributed by atoms with van der Waals surface area (Å²) in [6.45, 7) is 0.573.